The summed E-state index contributed by atoms with van der Waals surface area (Å²) in [7, 11) is 1.75. The molecule has 1 heterocycles. The van der Waals surface area contributed by atoms with Crippen LogP contribution >= 0.6 is 0 Å². The molecular weight excluding hydrogens is 356 g/mol. The minimum absolute atomic E-state index is 0.00405. The summed E-state index contributed by atoms with van der Waals surface area (Å²) in [6, 6.07) is 14.8. The van der Waals surface area contributed by atoms with Crippen LogP contribution in [0.3, 0.4) is 0 Å². The highest BCUT2D eigenvalue weighted by atomic mass is 16.2. The summed E-state index contributed by atoms with van der Waals surface area (Å²) >= 11 is 0. The van der Waals surface area contributed by atoms with Crippen LogP contribution in [-0.4, -0.2) is 44.0 Å². The van der Waals surface area contributed by atoms with Crippen molar-refractivity contribution < 1.29 is 9.59 Å². The summed E-state index contributed by atoms with van der Waals surface area (Å²) in [4.78, 5) is 26.5. The van der Waals surface area contributed by atoms with Gasteiger partial charge in [-0.1, -0.05) is 43.3 Å². The Morgan fingerprint density at radius 3 is 2.29 bits per heavy atom. The number of carbonyl (C=O) groups is 2. The van der Waals surface area contributed by atoms with Gasteiger partial charge in [-0.05, 0) is 34.9 Å². The van der Waals surface area contributed by atoms with Gasteiger partial charge in [-0.15, -0.1) is 10.2 Å². The van der Waals surface area contributed by atoms with Gasteiger partial charge in [0.25, 0.3) is 0 Å². The summed E-state index contributed by atoms with van der Waals surface area (Å²) < 4.78 is 0. The number of nitrogens with zero attached hydrogens (tertiary/aromatic N) is 5. The lowest BCUT2D eigenvalue weighted by atomic mass is 10.1. The lowest BCUT2D eigenvalue weighted by Gasteiger charge is -2.17. The molecule has 0 atom stereocenters. The van der Waals surface area contributed by atoms with Crippen molar-refractivity contribution in [3.63, 3.8) is 0 Å². The average molecular weight is 378 g/mol. The molecule has 3 rings (SSSR count). The largest absolute Gasteiger partial charge is 0.366 e. The molecule has 0 spiro atoms. The number of hydrogen-bond donors (Lipinski definition) is 1. The second-order valence-electron chi connectivity index (χ2n) is 6.50. The van der Waals surface area contributed by atoms with Crippen LogP contribution in [0.2, 0.25) is 0 Å². The van der Waals surface area contributed by atoms with E-state index >= 15 is 0 Å². The molecule has 0 aliphatic carbocycles. The number of likely N-dealkylation sites (N-methyl/N-ethyl adjacent to an activating group) is 1. The van der Waals surface area contributed by atoms with E-state index in [1.54, 1.807) is 36.2 Å². The first-order chi connectivity index (χ1) is 13.5. The second kappa shape index (κ2) is 8.43. The number of nitrogens with two attached hydrogens (primary N) is 1. The van der Waals surface area contributed by atoms with E-state index in [9.17, 15) is 9.59 Å². The number of amides is 2. The maximum Gasteiger partial charge on any atom is 0.248 e. The number of aryl methyl sites for hydroxylation is 1. The van der Waals surface area contributed by atoms with E-state index in [2.05, 4.69) is 34.5 Å². The molecule has 3 aromatic rings. The molecule has 2 amide bonds. The predicted octanol–water partition coefficient (Wildman–Crippen LogP) is 1.66. The molecule has 0 aliphatic rings. The van der Waals surface area contributed by atoms with Crippen LogP contribution in [0.5, 0.6) is 0 Å². The van der Waals surface area contributed by atoms with Gasteiger partial charge in [-0.3, -0.25) is 9.59 Å². The first-order valence-corrected chi connectivity index (χ1v) is 8.96. The fourth-order valence-corrected chi connectivity index (χ4v) is 2.69. The first kappa shape index (κ1) is 19.2. The van der Waals surface area contributed by atoms with Gasteiger partial charge in [0.1, 0.15) is 6.54 Å². The van der Waals surface area contributed by atoms with Gasteiger partial charge in [-0.25, -0.2) is 0 Å². The van der Waals surface area contributed by atoms with Gasteiger partial charge in [0.2, 0.25) is 17.6 Å². The number of aromatic nitrogens is 4. The summed E-state index contributed by atoms with van der Waals surface area (Å²) in [5, 5.41) is 12.1. The first-order valence-electron chi connectivity index (χ1n) is 8.96. The van der Waals surface area contributed by atoms with Crippen molar-refractivity contribution >= 4 is 11.8 Å². The van der Waals surface area contributed by atoms with E-state index < -0.39 is 5.91 Å². The Bertz CT molecular complexity index is 963. The van der Waals surface area contributed by atoms with Crippen molar-refractivity contribution in [2.45, 2.75) is 26.4 Å². The van der Waals surface area contributed by atoms with Gasteiger partial charge in [-0.2, -0.15) is 4.80 Å². The SMILES string of the molecule is CCc1ccc(CN(C)C(=O)Cn2nnc(-c3ccc(C(N)=O)cc3)n2)cc1. The Labute approximate surface area is 163 Å². The lowest BCUT2D eigenvalue weighted by Crippen LogP contribution is -2.30. The number of carbonyl (C=O) groups excluding carboxylic acids is 2. The summed E-state index contributed by atoms with van der Waals surface area (Å²) in [6.45, 7) is 2.62. The minimum atomic E-state index is -0.499. The summed E-state index contributed by atoms with van der Waals surface area (Å²) in [6.07, 6.45) is 0.987. The number of hydrogen-bond acceptors (Lipinski definition) is 5. The average Bonchev–Trinajstić information content (AvgIpc) is 3.17. The molecule has 0 aliphatic heterocycles. The van der Waals surface area contributed by atoms with E-state index in [0.29, 0.717) is 23.5 Å². The van der Waals surface area contributed by atoms with Gasteiger partial charge >= 0.3 is 0 Å². The Balaban J connectivity index is 1.61. The Hall–Kier alpha value is -3.55. The predicted molar refractivity (Wildman–Crippen MR) is 104 cm³/mol. The van der Waals surface area contributed by atoms with Crippen molar-refractivity contribution in [3.05, 3.63) is 65.2 Å². The van der Waals surface area contributed by atoms with Crippen LogP contribution in [0.15, 0.2) is 48.5 Å². The maximum absolute atomic E-state index is 12.5. The Kier molecular flexibility index (Phi) is 5.78. The third kappa shape index (κ3) is 4.59. The van der Waals surface area contributed by atoms with Gasteiger partial charge < -0.3 is 10.6 Å². The molecule has 0 radical (unpaired) electrons. The van der Waals surface area contributed by atoms with E-state index in [-0.39, 0.29) is 12.5 Å². The zero-order valence-corrected chi connectivity index (χ0v) is 15.9. The molecule has 0 fully saturated rings. The zero-order valence-electron chi connectivity index (χ0n) is 15.9. The number of rotatable bonds is 7. The highest BCUT2D eigenvalue weighted by Gasteiger charge is 2.14. The lowest BCUT2D eigenvalue weighted by molar-refractivity contribution is -0.131. The second-order valence-corrected chi connectivity index (χ2v) is 6.50. The van der Waals surface area contributed by atoms with E-state index in [1.165, 1.54) is 10.4 Å². The Morgan fingerprint density at radius 1 is 1.04 bits per heavy atom. The quantitative estimate of drug-likeness (QED) is 0.673. The number of benzene rings is 2. The molecule has 28 heavy (non-hydrogen) atoms. The molecule has 2 aromatic carbocycles. The third-order valence-corrected chi connectivity index (χ3v) is 4.43. The number of primary amides is 1. The molecule has 8 heteroatoms. The van der Waals surface area contributed by atoms with Crippen molar-refractivity contribution in [2.24, 2.45) is 5.73 Å². The van der Waals surface area contributed by atoms with Crippen LogP contribution in [-0.2, 0) is 24.3 Å². The molecular formula is C20H22N6O2. The molecule has 0 unspecified atom stereocenters. The topological polar surface area (TPSA) is 107 Å². The minimum Gasteiger partial charge on any atom is -0.366 e. The smallest absolute Gasteiger partial charge is 0.248 e. The van der Waals surface area contributed by atoms with Crippen LogP contribution in [0.25, 0.3) is 11.4 Å². The fourth-order valence-electron chi connectivity index (χ4n) is 2.69. The van der Waals surface area contributed by atoms with Crippen LogP contribution in [0.1, 0.15) is 28.4 Å². The molecule has 0 saturated heterocycles. The van der Waals surface area contributed by atoms with Gasteiger partial charge in [0.05, 0.1) is 0 Å². The summed E-state index contributed by atoms with van der Waals surface area (Å²) in [5.41, 5.74) is 8.65. The van der Waals surface area contributed by atoms with Gasteiger partial charge in [0, 0.05) is 24.7 Å². The normalized spacial score (nSPS) is 10.6. The third-order valence-electron chi connectivity index (χ3n) is 4.43. The summed E-state index contributed by atoms with van der Waals surface area (Å²) in [5.74, 6) is -0.240. The van der Waals surface area contributed by atoms with Crippen molar-refractivity contribution in [1.82, 2.24) is 25.1 Å². The van der Waals surface area contributed by atoms with Gasteiger partial charge in [0.15, 0.2) is 0 Å². The van der Waals surface area contributed by atoms with Crippen LogP contribution in [0, 0.1) is 0 Å². The molecule has 8 nitrogen and oxygen atoms in total. The van der Waals surface area contributed by atoms with Crippen molar-refractivity contribution in [1.29, 1.82) is 0 Å². The van der Waals surface area contributed by atoms with E-state index in [0.717, 1.165) is 12.0 Å². The highest BCUT2D eigenvalue weighted by Crippen LogP contribution is 2.14. The molecule has 144 valence electrons. The molecule has 2 N–H and O–H groups in total. The fraction of sp³-hybridized carbons (Fsp3) is 0.250. The monoisotopic (exact) mass is 378 g/mol. The van der Waals surface area contributed by atoms with Crippen molar-refractivity contribution in [3.8, 4) is 11.4 Å². The highest BCUT2D eigenvalue weighted by molar-refractivity contribution is 5.93. The van der Waals surface area contributed by atoms with E-state index in [4.69, 9.17) is 5.73 Å². The van der Waals surface area contributed by atoms with Crippen LogP contribution in [0.4, 0.5) is 0 Å². The molecule has 0 bridgehead atoms. The van der Waals surface area contributed by atoms with Crippen LogP contribution < -0.4 is 5.73 Å². The Morgan fingerprint density at radius 2 is 1.68 bits per heavy atom. The van der Waals surface area contributed by atoms with E-state index in [1.807, 2.05) is 12.1 Å². The zero-order chi connectivity index (χ0) is 20.1. The standard InChI is InChI=1S/C20H22N6O2/c1-3-14-4-6-15(7-5-14)12-25(2)18(27)13-26-23-20(22-24-26)17-10-8-16(9-11-17)19(21)28/h4-11H,3,12-13H2,1-2H3,(H2,21,28). The maximum atomic E-state index is 12.5. The number of tetrazole rings is 1. The molecule has 0 saturated carbocycles. The van der Waals surface area contributed by atoms with Crippen molar-refractivity contribution in [2.75, 3.05) is 7.05 Å². The molecule has 1 aromatic heterocycles.